The van der Waals surface area contributed by atoms with Gasteiger partial charge in [-0.2, -0.15) is 0 Å². The number of nitro benzene ring substituents is 1. The number of ether oxygens (including phenoxy) is 2. The van der Waals surface area contributed by atoms with E-state index in [4.69, 9.17) is 9.47 Å². The highest BCUT2D eigenvalue weighted by Gasteiger charge is 2.16. The van der Waals surface area contributed by atoms with Crippen LogP contribution in [0.1, 0.15) is 5.56 Å². The number of nitrogens with zero attached hydrogens (tertiary/aromatic N) is 1. The fourth-order valence-electron chi connectivity index (χ4n) is 2.50. The molecule has 0 saturated heterocycles. The van der Waals surface area contributed by atoms with Gasteiger partial charge in [-0.3, -0.25) is 10.1 Å². The number of methoxy groups -OCH3 is 1. The van der Waals surface area contributed by atoms with Crippen LogP contribution in [-0.2, 0) is 6.61 Å². The molecule has 0 aliphatic rings. The Morgan fingerprint density at radius 1 is 0.962 bits per heavy atom. The van der Waals surface area contributed by atoms with Crippen LogP contribution >= 0.6 is 0 Å². The van der Waals surface area contributed by atoms with E-state index in [-0.39, 0.29) is 18.0 Å². The second-order valence-electron chi connectivity index (χ2n) is 5.54. The lowest BCUT2D eigenvalue weighted by Gasteiger charge is -2.13. The van der Waals surface area contributed by atoms with Gasteiger partial charge in [0.15, 0.2) is 5.75 Å². The molecule has 0 fully saturated rings. The van der Waals surface area contributed by atoms with Crippen LogP contribution in [-0.4, -0.2) is 12.0 Å². The smallest absolute Gasteiger partial charge is 0.311 e. The minimum atomic E-state index is -0.451. The van der Waals surface area contributed by atoms with E-state index in [2.05, 4.69) is 5.32 Å². The van der Waals surface area contributed by atoms with Gasteiger partial charge in [-0.25, -0.2) is 0 Å². The van der Waals surface area contributed by atoms with Crippen molar-refractivity contribution in [3.8, 4) is 11.5 Å². The summed E-state index contributed by atoms with van der Waals surface area (Å²) in [6.45, 7) is 0.250. The summed E-state index contributed by atoms with van der Waals surface area (Å²) in [6, 6.07) is 21.6. The molecule has 26 heavy (non-hydrogen) atoms. The summed E-state index contributed by atoms with van der Waals surface area (Å²) in [5, 5.41) is 14.5. The second-order valence-corrected chi connectivity index (χ2v) is 5.54. The van der Waals surface area contributed by atoms with E-state index >= 15 is 0 Å². The number of anilines is 2. The highest BCUT2D eigenvalue weighted by molar-refractivity contribution is 5.69. The van der Waals surface area contributed by atoms with Crippen molar-refractivity contribution in [1.82, 2.24) is 0 Å². The second kappa shape index (κ2) is 8.02. The van der Waals surface area contributed by atoms with Crippen LogP contribution in [0.5, 0.6) is 11.5 Å². The predicted octanol–water partition coefficient (Wildman–Crippen LogP) is 4.93. The van der Waals surface area contributed by atoms with Gasteiger partial charge in [0, 0.05) is 17.8 Å². The van der Waals surface area contributed by atoms with Crippen molar-refractivity contribution < 1.29 is 14.4 Å². The molecule has 0 heterocycles. The zero-order valence-corrected chi connectivity index (χ0v) is 14.2. The van der Waals surface area contributed by atoms with Crippen molar-refractivity contribution in [3.63, 3.8) is 0 Å². The van der Waals surface area contributed by atoms with Gasteiger partial charge in [0.2, 0.25) is 0 Å². The lowest BCUT2D eigenvalue weighted by molar-refractivity contribution is -0.385. The van der Waals surface area contributed by atoms with E-state index < -0.39 is 4.92 Å². The third kappa shape index (κ3) is 4.10. The van der Waals surface area contributed by atoms with Gasteiger partial charge in [0.1, 0.15) is 12.4 Å². The molecule has 6 heteroatoms. The fourth-order valence-corrected chi connectivity index (χ4v) is 2.50. The number of nitrogens with one attached hydrogen (secondary N) is 1. The first kappa shape index (κ1) is 17.3. The Bertz CT molecular complexity index is 897. The highest BCUT2D eigenvalue weighted by Crippen LogP contribution is 2.34. The first-order valence-electron chi connectivity index (χ1n) is 8.02. The van der Waals surface area contributed by atoms with E-state index in [1.165, 1.54) is 6.07 Å². The average molecular weight is 350 g/mol. The Hall–Kier alpha value is -3.54. The predicted molar refractivity (Wildman–Crippen MR) is 100 cm³/mol. The molecule has 0 saturated carbocycles. The lowest BCUT2D eigenvalue weighted by atomic mass is 10.2. The summed E-state index contributed by atoms with van der Waals surface area (Å²) in [4.78, 5) is 10.8. The Morgan fingerprint density at radius 2 is 1.69 bits per heavy atom. The molecule has 3 rings (SSSR count). The van der Waals surface area contributed by atoms with Crippen LogP contribution < -0.4 is 14.8 Å². The van der Waals surface area contributed by atoms with Gasteiger partial charge in [-0.05, 0) is 23.8 Å². The maximum absolute atomic E-state index is 11.3. The summed E-state index contributed by atoms with van der Waals surface area (Å²) < 4.78 is 11.0. The quantitative estimate of drug-likeness (QED) is 0.483. The Balaban J connectivity index is 1.85. The molecule has 0 atom stereocenters. The monoisotopic (exact) mass is 350 g/mol. The van der Waals surface area contributed by atoms with Crippen LogP contribution in [0.15, 0.2) is 72.8 Å². The van der Waals surface area contributed by atoms with Gasteiger partial charge in [-0.15, -0.1) is 0 Å². The van der Waals surface area contributed by atoms with Gasteiger partial charge >= 0.3 is 5.69 Å². The molecule has 0 radical (unpaired) electrons. The molecule has 0 aromatic heterocycles. The van der Waals surface area contributed by atoms with Crippen molar-refractivity contribution in [2.45, 2.75) is 6.61 Å². The fraction of sp³-hybridized carbons (Fsp3) is 0.100. The molecular weight excluding hydrogens is 332 g/mol. The number of nitro groups is 1. The Morgan fingerprint density at radius 3 is 2.42 bits per heavy atom. The van der Waals surface area contributed by atoms with Gasteiger partial charge in [0.05, 0.1) is 17.7 Å². The summed E-state index contributed by atoms with van der Waals surface area (Å²) in [5.41, 5.74) is 2.29. The van der Waals surface area contributed by atoms with Gasteiger partial charge < -0.3 is 14.8 Å². The average Bonchev–Trinajstić information content (AvgIpc) is 2.67. The minimum absolute atomic E-state index is 0.0773. The van der Waals surface area contributed by atoms with Crippen molar-refractivity contribution >= 4 is 17.1 Å². The van der Waals surface area contributed by atoms with E-state index in [1.807, 2.05) is 54.6 Å². The third-order valence-electron chi connectivity index (χ3n) is 3.78. The first-order valence-corrected chi connectivity index (χ1v) is 8.02. The Labute approximate surface area is 151 Å². The van der Waals surface area contributed by atoms with Crippen molar-refractivity contribution in [2.24, 2.45) is 0 Å². The molecule has 0 unspecified atom stereocenters. The van der Waals surface area contributed by atoms with Crippen molar-refractivity contribution in [3.05, 3.63) is 88.5 Å². The molecule has 0 aliphatic carbocycles. The lowest BCUT2D eigenvalue weighted by Crippen LogP contribution is -2.01. The Kier molecular flexibility index (Phi) is 5.34. The molecule has 0 spiro atoms. The van der Waals surface area contributed by atoms with Crippen LogP contribution in [0, 0.1) is 10.1 Å². The maximum atomic E-state index is 11.3. The summed E-state index contributed by atoms with van der Waals surface area (Å²) in [7, 11) is 1.59. The first-order chi connectivity index (χ1) is 12.7. The number of rotatable bonds is 7. The maximum Gasteiger partial charge on any atom is 0.311 e. The summed E-state index contributed by atoms with van der Waals surface area (Å²) >= 11 is 0. The van der Waals surface area contributed by atoms with Crippen LogP contribution in [0.2, 0.25) is 0 Å². The summed E-state index contributed by atoms with van der Waals surface area (Å²) in [5.74, 6) is 0.886. The van der Waals surface area contributed by atoms with E-state index in [1.54, 1.807) is 19.2 Å². The van der Waals surface area contributed by atoms with Gasteiger partial charge in [-0.1, -0.05) is 42.5 Å². The molecule has 132 valence electrons. The zero-order chi connectivity index (χ0) is 18.4. The van der Waals surface area contributed by atoms with Crippen LogP contribution in [0.25, 0.3) is 0 Å². The van der Waals surface area contributed by atoms with E-state index in [0.29, 0.717) is 11.4 Å². The molecule has 3 aromatic rings. The topological polar surface area (TPSA) is 73.6 Å². The largest absolute Gasteiger partial charge is 0.495 e. The number of benzene rings is 3. The number of hydrogen-bond donors (Lipinski definition) is 1. The molecular formula is C20H18N2O4. The van der Waals surface area contributed by atoms with Crippen LogP contribution in [0.4, 0.5) is 17.1 Å². The molecule has 0 amide bonds. The number of hydrogen-bond acceptors (Lipinski definition) is 5. The molecule has 1 N–H and O–H groups in total. The normalized spacial score (nSPS) is 10.2. The van der Waals surface area contributed by atoms with E-state index in [0.717, 1.165) is 11.3 Å². The highest BCUT2D eigenvalue weighted by atomic mass is 16.6. The zero-order valence-electron chi connectivity index (χ0n) is 14.2. The number of para-hydroxylation sites is 2. The SMILES string of the molecule is COc1ccccc1Nc1ccc([N+](=O)[O-])c(OCc2ccccc2)c1. The van der Waals surface area contributed by atoms with E-state index in [9.17, 15) is 10.1 Å². The molecule has 3 aromatic carbocycles. The third-order valence-corrected chi connectivity index (χ3v) is 3.78. The standard InChI is InChI=1S/C20H18N2O4/c1-25-19-10-6-5-9-17(19)21-16-11-12-18(22(23)24)20(13-16)26-14-15-7-3-2-4-8-15/h2-13,21H,14H2,1H3. The molecule has 0 bridgehead atoms. The van der Waals surface area contributed by atoms with Gasteiger partial charge in [0.25, 0.3) is 0 Å². The molecule has 6 nitrogen and oxygen atoms in total. The van der Waals surface area contributed by atoms with Crippen molar-refractivity contribution in [2.75, 3.05) is 12.4 Å². The minimum Gasteiger partial charge on any atom is -0.495 e. The molecule has 0 aliphatic heterocycles. The van der Waals surface area contributed by atoms with Crippen LogP contribution in [0.3, 0.4) is 0 Å². The summed E-state index contributed by atoms with van der Waals surface area (Å²) in [6.07, 6.45) is 0. The van der Waals surface area contributed by atoms with Crippen molar-refractivity contribution in [1.29, 1.82) is 0 Å².